The van der Waals surface area contributed by atoms with Crippen LogP contribution in [0.4, 0.5) is 0 Å². The molecular weight excluding hydrogens is 378 g/mol. The normalized spacial score (nSPS) is 21.0. The molecule has 1 N–H and O–H groups in total. The van der Waals surface area contributed by atoms with E-state index in [1.807, 2.05) is 6.07 Å². The largest absolute Gasteiger partial charge is 0.348 e. The predicted octanol–water partition coefficient (Wildman–Crippen LogP) is 3.71. The van der Waals surface area contributed by atoms with Crippen LogP contribution in [0.25, 0.3) is 0 Å². The Morgan fingerprint density at radius 3 is 2.67 bits per heavy atom. The number of thiophene rings is 1. The number of amides is 1. The van der Waals surface area contributed by atoms with E-state index in [4.69, 9.17) is 11.6 Å². The summed E-state index contributed by atoms with van der Waals surface area (Å²) in [5.41, 5.74) is 2.69. The fourth-order valence-electron chi connectivity index (χ4n) is 4.11. The highest BCUT2D eigenvalue weighted by Gasteiger charge is 2.24. The second-order valence-electron chi connectivity index (χ2n) is 7.47. The molecule has 1 aliphatic carbocycles. The van der Waals surface area contributed by atoms with E-state index in [1.165, 1.54) is 16.0 Å². The van der Waals surface area contributed by atoms with E-state index >= 15 is 0 Å². The second kappa shape index (κ2) is 8.74. The van der Waals surface area contributed by atoms with Crippen molar-refractivity contribution in [1.82, 2.24) is 15.1 Å². The molecule has 1 aliphatic heterocycles. The van der Waals surface area contributed by atoms with E-state index in [2.05, 4.69) is 45.4 Å². The number of rotatable bonds is 5. The molecular formula is C21H26ClN3OS. The summed E-state index contributed by atoms with van der Waals surface area (Å²) in [5, 5.41) is 3.27. The predicted molar refractivity (Wildman–Crippen MR) is 111 cm³/mol. The van der Waals surface area contributed by atoms with Crippen molar-refractivity contribution >= 4 is 28.8 Å². The van der Waals surface area contributed by atoms with Crippen LogP contribution in [-0.4, -0.2) is 48.4 Å². The molecule has 1 aromatic carbocycles. The first-order chi connectivity index (χ1) is 13.2. The summed E-state index contributed by atoms with van der Waals surface area (Å²) in [7, 11) is 0. The number of nitrogens with one attached hydrogen (secondary N) is 1. The Labute approximate surface area is 170 Å². The quantitative estimate of drug-likeness (QED) is 0.826. The standard InChI is InChI=1S/C21H26ClN3OS/c22-20-9-8-17(27-20)14-24-10-12-25(13-11-24)15-21(26)23-19-7-3-5-16-4-1-2-6-18(16)19/h1-2,4,6,8-9,19H,3,5,7,10-15H2,(H,23,26)/t19-/m0/s1. The lowest BCUT2D eigenvalue weighted by atomic mass is 9.88. The molecule has 144 valence electrons. The van der Waals surface area contributed by atoms with Gasteiger partial charge in [0.15, 0.2) is 0 Å². The molecule has 27 heavy (non-hydrogen) atoms. The minimum Gasteiger partial charge on any atom is -0.348 e. The number of piperazine rings is 1. The summed E-state index contributed by atoms with van der Waals surface area (Å²) in [6, 6.07) is 12.8. The smallest absolute Gasteiger partial charge is 0.234 e. The monoisotopic (exact) mass is 403 g/mol. The van der Waals surface area contributed by atoms with Crippen LogP contribution in [0.1, 0.15) is 34.9 Å². The number of nitrogens with zero attached hydrogens (tertiary/aromatic N) is 2. The van der Waals surface area contributed by atoms with Gasteiger partial charge in [0.2, 0.25) is 5.91 Å². The van der Waals surface area contributed by atoms with E-state index < -0.39 is 0 Å². The number of aryl methyl sites for hydroxylation is 1. The molecule has 1 atom stereocenters. The van der Waals surface area contributed by atoms with Crippen LogP contribution in [0.5, 0.6) is 0 Å². The van der Waals surface area contributed by atoms with E-state index in [0.717, 1.165) is 56.3 Å². The Morgan fingerprint density at radius 2 is 1.89 bits per heavy atom. The van der Waals surface area contributed by atoms with E-state index in [-0.39, 0.29) is 11.9 Å². The van der Waals surface area contributed by atoms with Gasteiger partial charge in [0.25, 0.3) is 0 Å². The minimum absolute atomic E-state index is 0.148. The maximum absolute atomic E-state index is 12.6. The van der Waals surface area contributed by atoms with Gasteiger partial charge in [-0.1, -0.05) is 35.9 Å². The van der Waals surface area contributed by atoms with Crippen LogP contribution < -0.4 is 5.32 Å². The van der Waals surface area contributed by atoms with Crippen LogP contribution in [0.2, 0.25) is 4.34 Å². The lowest BCUT2D eigenvalue weighted by molar-refractivity contribution is -0.123. The number of benzene rings is 1. The topological polar surface area (TPSA) is 35.6 Å². The first-order valence-electron chi connectivity index (χ1n) is 9.73. The molecule has 0 spiro atoms. The van der Waals surface area contributed by atoms with Crippen LogP contribution >= 0.6 is 22.9 Å². The number of carbonyl (C=O) groups is 1. The SMILES string of the molecule is O=C(CN1CCN(Cc2ccc(Cl)s2)CC1)N[C@H]1CCCc2ccccc21. The van der Waals surface area contributed by atoms with Crippen molar-refractivity contribution in [2.75, 3.05) is 32.7 Å². The van der Waals surface area contributed by atoms with Gasteiger partial charge >= 0.3 is 0 Å². The number of carbonyl (C=O) groups excluding carboxylic acids is 1. The fourth-order valence-corrected chi connectivity index (χ4v) is 5.24. The van der Waals surface area contributed by atoms with Crippen LogP contribution in [0, 0.1) is 0 Å². The number of fused-ring (bicyclic) bond motifs is 1. The first-order valence-corrected chi connectivity index (χ1v) is 10.9. The summed E-state index contributed by atoms with van der Waals surface area (Å²) in [6.07, 6.45) is 3.31. The Balaban J connectivity index is 1.24. The first kappa shape index (κ1) is 18.9. The van der Waals surface area contributed by atoms with Gasteiger partial charge in [-0.25, -0.2) is 0 Å². The van der Waals surface area contributed by atoms with Crippen LogP contribution in [0.3, 0.4) is 0 Å². The molecule has 1 saturated heterocycles. The molecule has 2 aromatic rings. The molecule has 2 heterocycles. The zero-order valence-electron chi connectivity index (χ0n) is 15.5. The van der Waals surface area contributed by atoms with Crippen molar-refractivity contribution in [3.05, 3.63) is 56.7 Å². The van der Waals surface area contributed by atoms with Gasteiger partial charge < -0.3 is 5.32 Å². The number of halogens is 1. The molecule has 1 aromatic heterocycles. The third-order valence-electron chi connectivity index (χ3n) is 5.55. The zero-order chi connectivity index (χ0) is 18.6. The zero-order valence-corrected chi connectivity index (χ0v) is 17.1. The lowest BCUT2D eigenvalue weighted by Gasteiger charge is -2.34. The Kier molecular flexibility index (Phi) is 6.13. The third kappa shape index (κ3) is 4.91. The summed E-state index contributed by atoms with van der Waals surface area (Å²) >= 11 is 7.67. The van der Waals surface area contributed by atoms with Crippen molar-refractivity contribution in [2.45, 2.75) is 31.8 Å². The van der Waals surface area contributed by atoms with E-state index in [9.17, 15) is 4.79 Å². The van der Waals surface area contributed by atoms with Gasteiger partial charge in [-0.05, 0) is 42.5 Å². The summed E-state index contributed by atoms with van der Waals surface area (Å²) in [5.74, 6) is 0.148. The molecule has 1 amide bonds. The highest BCUT2D eigenvalue weighted by molar-refractivity contribution is 7.16. The van der Waals surface area contributed by atoms with Gasteiger partial charge in [-0.2, -0.15) is 0 Å². The molecule has 2 aliphatic rings. The molecule has 4 nitrogen and oxygen atoms in total. The third-order valence-corrected chi connectivity index (χ3v) is 6.76. The Hall–Kier alpha value is -1.40. The average molecular weight is 404 g/mol. The maximum Gasteiger partial charge on any atom is 0.234 e. The molecule has 1 fully saturated rings. The fraction of sp³-hybridized carbons (Fsp3) is 0.476. The van der Waals surface area contributed by atoms with Gasteiger partial charge in [0.05, 0.1) is 16.9 Å². The van der Waals surface area contributed by atoms with Crippen molar-refractivity contribution in [1.29, 1.82) is 0 Å². The van der Waals surface area contributed by atoms with Crippen molar-refractivity contribution in [3.63, 3.8) is 0 Å². The summed E-state index contributed by atoms with van der Waals surface area (Å²) in [4.78, 5) is 18.6. The van der Waals surface area contributed by atoms with Crippen molar-refractivity contribution in [2.24, 2.45) is 0 Å². The van der Waals surface area contributed by atoms with E-state index in [1.54, 1.807) is 11.3 Å². The second-order valence-corrected chi connectivity index (χ2v) is 9.27. The van der Waals surface area contributed by atoms with Crippen LogP contribution in [-0.2, 0) is 17.8 Å². The number of hydrogen-bond donors (Lipinski definition) is 1. The molecule has 0 saturated carbocycles. The van der Waals surface area contributed by atoms with Gasteiger partial charge in [-0.15, -0.1) is 11.3 Å². The molecule has 0 unspecified atom stereocenters. The molecule has 6 heteroatoms. The summed E-state index contributed by atoms with van der Waals surface area (Å²) in [6.45, 7) is 5.32. The van der Waals surface area contributed by atoms with Crippen molar-refractivity contribution in [3.8, 4) is 0 Å². The molecule has 0 bridgehead atoms. The van der Waals surface area contributed by atoms with Crippen molar-refractivity contribution < 1.29 is 4.79 Å². The average Bonchev–Trinajstić information content (AvgIpc) is 3.08. The van der Waals surface area contributed by atoms with Gasteiger partial charge in [0.1, 0.15) is 0 Å². The highest BCUT2D eigenvalue weighted by atomic mass is 35.5. The number of hydrogen-bond acceptors (Lipinski definition) is 4. The van der Waals surface area contributed by atoms with Crippen LogP contribution in [0.15, 0.2) is 36.4 Å². The summed E-state index contributed by atoms with van der Waals surface area (Å²) < 4.78 is 0.851. The van der Waals surface area contributed by atoms with E-state index in [0.29, 0.717) is 6.54 Å². The Bertz CT molecular complexity index is 785. The maximum atomic E-state index is 12.6. The molecule has 4 rings (SSSR count). The lowest BCUT2D eigenvalue weighted by Crippen LogP contribution is -2.49. The van der Waals surface area contributed by atoms with Gasteiger partial charge in [-0.3, -0.25) is 14.6 Å². The Morgan fingerprint density at radius 1 is 1.11 bits per heavy atom. The minimum atomic E-state index is 0.148. The van der Waals surface area contributed by atoms with Gasteiger partial charge in [0, 0.05) is 37.6 Å². The molecule has 0 radical (unpaired) electrons. The highest BCUT2D eigenvalue weighted by Crippen LogP contribution is 2.29.